The van der Waals surface area contributed by atoms with Crippen LogP contribution in [0.15, 0.2) is 46.2 Å². The second-order valence-electron chi connectivity index (χ2n) is 6.78. The Kier molecular flexibility index (Phi) is 7.22. The summed E-state index contributed by atoms with van der Waals surface area (Å²) in [6.45, 7) is 5.87. The lowest BCUT2D eigenvalue weighted by Gasteiger charge is -2.14. The monoisotopic (exact) mass is 443 g/mol. The van der Waals surface area contributed by atoms with Crippen molar-refractivity contribution in [2.24, 2.45) is 0 Å². The van der Waals surface area contributed by atoms with E-state index in [1.807, 2.05) is 32.2 Å². The quantitative estimate of drug-likeness (QED) is 0.588. The van der Waals surface area contributed by atoms with Gasteiger partial charge in [-0.3, -0.25) is 4.79 Å². The van der Waals surface area contributed by atoms with Crippen LogP contribution >= 0.6 is 11.8 Å². The molecule has 1 aliphatic rings. The van der Waals surface area contributed by atoms with Gasteiger partial charge in [-0.25, -0.2) is 9.37 Å². The summed E-state index contributed by atoms with van der Waals surface area (Å²) >= 11 is 1.56. The Morgan fingerprint density at radius 2 is 1.81 bits per heavy atom. The molecule has 6 nitrogen and oxygen atoms in total. The van der Waals surface area contributed by atoms with Crippen LogP contribution in [0.25, 0.3) is 10.9 Å². The number of ether oxygens (including phenoxy) is 2. The van der Waals surface area contributed by atoms with E-state index in [2.05, 4.69) is 15.3 Å². The fourth-order valence-corrected chi connectivity index (χ4v) is 4.30. The minimum atomic E-state index is -0.249. The standard InChI is InChI=1S/C21H20FN3O3S.C2H6/c1-11-4-12(6-13(22)5-11)21-23-14(10-29-21)7-19-24-16-9-18(28-3)17(27-2)8-15(16)20(26)25-19;1-2/h4-6,8-10,21,23H,7H2,1-3H3,(H,24,25,26);1-2H3. The molecular weight excluding hydrogens is 417 g/mol. The maximum absolute atomic E-state index is 13.7. The number of aromatic nitrogens is 2. The molecule has 3 aromatic rings. The zero-order valence-corrected chi connectivity index (χ0v) is 19.0. The average Bonchev–Trinajstić information content (AvgIpc) is 3.22. The highest BCUT2D eigenvalue weighted by Crippen LogP contribution is 2.35. The molecule has 0 radical (unpaired) electrons. The predicted octanol–water partition coefficient (Wildman–Crippen LogP) is 4.83. The van der Waals surface area contributed by atoms with Crippen molar-refractivity contribution in [2.45, 2.75) is 32.6 Å². The lowest BCUT2D eigenvalue weighted by molar-refractivity contribution is 0.355. The van der Waals surface area contributed by atoms with Gasteiger partial charge in [0.2, 0.25) is 0 Å². The lowest BCUT2D eigenvalue weighted by Crippen LogP contribution is -2.18. The first-order valence-electron chi connectivity index (χ1n) is 10.00. The van der Waals surface area contributed by atoms with Crippen molar-refractivity contribution < 1.29 is 13.9 Å². The molecule has 2 aromatic carbocycles. The van der Waals surface area contributed by atoms with E-state index in [0.717, 1.165) is 16.8 Å². The Hall–Kier alpha value is -3.00. The first kappa shape index (κ1) is 22.7. The van der Waals surface area contributed by atoms with Crippen molar-refractivity contribution in [3.63, 3.8) is 0 Å². The van der Waals surface area contributed by atoms with E-state index in [9.17, 15) is 9.18 Å². The molecule has 1 unspecified atom stereocenters. The van der Waals surface area contributed by atoms with E-state index in [1.54, 1.807) is 23.9 Å². The zero-order valence-electron chi connectivity index (χ0n) is 18.2. The second-order valence-corrected chi connectivity index (χ2v) is 7.76. The Balaban J connectivity index is 0.00000132. The summed E-state index contributed by atoms with van der Waals surface area (Å²) in [6.07, 6.45) is 0.428. The number of methoxy groups -OCH3 is 2. The first-order chi connectivity index (χ1) is 15.0. The van der Waals surface area contributed by atoms with Crippen LogP contribution in [0.4, 0.5) is 4.39 Å². The highest BCUT2D eigenvalue weighted by Gasteiger charge is 2.20. The SMILES string of the molecule is CC.COc1cc2nc(CC3=CSC(c4cc(C)cc(F)c4)N3)[nH]c(=O)c2cc1OC. The Labute approximate surface area is 184 Å². The van der Waals surface area contributed by atoms with Gasteiger partial charge < -0.3 is 19.8 Å². The number of aryl methyl sites for hydroxylation is 1. The number of H-pyrrole nitrogens is 1. The molecule has 0 saturated carbocycles. The van der Waals surface area contributed by atoms with Gasteiger partial charge in [-0.1, -0.05) is 19.9 Å². The zero-order chi connectivity index (χ0) is 22.5. The van der Waals surface area contributed by atoms with E-state index in [4.69, 9.17) is 9.47 Å². The van der Waals surface area contributed by atoms with E-state index in [0.29, 0.717) is 34.6 Å². The molecule has 1 aliphatic heterocycles. The number of benzene rings is 2. The molecule has 0 fully saturated rings. The van der Waals surface area contributed by atoms with Crippen LogP contribution in [0.5, 0.6) is 11.5 Å². The fourth-order valence-electron chi connectivity index (χ4n) is 3.34. The number of rotatable bonds is 5. The van der Waals surface area contributed by atoms with Crippen molar-refractivity contribution >= 4 is 22.7 Å². The molecule has 0 aliphatic carbocycles. The number of thioether (sulfide) groups is 1. The Bertz CT molecular complexity index is 1160. The number of nitrogens with zero attached hydrogens (tertiary/aromatic N) is 1. The van der Waals surface area contributed by atoms with Crippen molar-refractivity contribution in [3.05, 3.63) is 74.6 Å². The summed E-state index contributed by atoms with van der Waals surface area (Å²) in [5, 5.41) is 5.70. The summed E-state index contributed by atoms with van der Waals surface area (Å²) < 4.78 is 24.3. The third-order valence-corrected chi connectivity index (χ3v) is 5.73. The van der Waals surface area contributed by atoms with Crippen molar-refractivity contribution in [2.75, 3.05) is 14.2 Å². The molecule has 2 heterocycles. The van der Waals surface area contributed by atoms with E-state index < -0.39 is 0 Å². The number of aromatic amines is 1. The highest BCUT2D eigenvalue weighted by molar-refractivity contribution is 8.02. The van der Waals surface area contributed by atoms with Gasteiger partial charge in [-0.05, 0) is 41.7 Å². The number of hydrogen-bond acceptors (Lipinski definition) is 6. The molecule has 0 saturated heterocycles. The summed E-state index contributed by atoms with van der Waals surface area (Å²) in [5.74, 6) is 1.27. The summed E-state index contributed by atoms with van der Waals surface area (Å²) in [4.78, 5) is 19.9. The predicted molar refractivity (Wildman–Crippen MR) is 123 cm³/mol. The molecule has 0 amide bonds. The van der Waals surface area contributed by atoms with Crippen LogP contribution in [-0.4, -0.2) is 24.2 Å². The molecular formula is C23H26FN3O3S. The molecule has 2 N–H and O–H groups in total. The molecule has 1 aromatic heterocycles. The lowest BCUT2D eigenvalue weighted by atomic mass is 10.1. The number of hydrogen-bond donors (Lipinski definition) is 2. The van der Waals surface area contributed by atoms with E-state index in [-0.39, 0.29) is 16.8 Å². The van der Waals surface area contributed by atoms with Gasteiger partial charge in [0.15, 0.2) is 11.5 Å². The van der Waals surface area contributed by atoms with Gasteiger partial charge >= 0.3 is 0 Å². The van der Waals surface area contributed by atoms with Crippen LogP contribution in [0.2, 0.25) is 0 Å². The topological polar surface area (TPSA) is 76.2 Å². The minimum Gasteiger partial charge on any atom is -0.493 e. The van der Waals surface area contributed by atoms with Gasteiger partial charge in [-0.15, -0.1) is 11.8 Å². The smallest absolute Gasteiger partial charge is 0.258 e. The van der Waals surface area contributed by atoms with Gasteiger partial charge in [0.1, 0.15) is 17.0 Å². The molecule has 0 bridgehead atoms. The third-order valence-electron chi connectivity index (χ3n) is 4.65. The van der Waals surface area contributed by atoms with Crippen LogP contribution in [0, 0.1) is 12.7 Å². The Morgan fingerprint density at radius 3 is 2.48 bits per heavy atom. The molecule has 164 valence electrons. The minimum absolute atomic E-state index is 0.0732. The van der Waals surface area contributed by atoms with Crippen LogP contribution < -0.4 is 20.3 Å². The van der Waals surface area contributed by atoms with Gasteiger partial charge in [0.25, 0.3) is 5.56 Å². The molecule has 1 atom stereocenters. The van der Waals surface area contributed by atoms with Crippen LogP contribution in [-0.2, 0) is 6.42 Å². The molecule has 0 spiro atoms. The maximum Gasteiger partial charge on any atom is 0.258 e. The number of nitrogens with one attached hydrogen (secondary N) is 2. The van der Waals surface area contributed by atoms with Crippen molar-refractivity contribution in [1.82, 2.24) is 15.3 Å². The summed E-state index contributed by atoms with van der Waals surface area (Å²) in [5.41, 5.74) is 2.95. The van der Waals surface area contributed by atoms with Crippen LogP contribution in [0.1, 0.15) is 36.2 Å². The summed E-state index contributed by atoms with van der Waals surface area (Å²) in [7, 11) is 3.06. The average molecular weight is 444 g/mol. The molecule has 31 heavy (non-hydrogen) atoms. The number of halogens is 1. The van der Waals surface area contributed by atoms with E-state index >= 15 is 0 Å². The third kappa shape index (κ3) is 5.02. The summed E-state index contributed by atoms with van der Waals surface area (Å²) in [6, 6.07) is 8.31. The first-order valence-corrected chi connectivity index (χ1v) is 10.9. The number of allylic oxidation sites excluding steroid dienone is 1. The van der Waals surface area contributed by atoms with Gasteiger partial charge in [0.05, 0.1) is 25.1 Å². The second kappa shape index (κ2) is 9.87. The van der Waals surface area contributed by atoms with E-state index in [1.165, 1.54) is 26.4 Å². The largest absolute Gasteiger partial charge is 0.493 e. The fraction of sp³-hybridized carbons (Fsp3) is 0.304. The van der Waals surface area contributed by atoms with Crippen molar-refractivity contribution in [1.29, 1.82) is 0 Å². The van der Waals surface area contributed by atoms with Crippen LogP contribution in [0.3, 0.4) is 0 Å². The van der Waals surface area contributed by atoms with Crippen molar-refractivity contribution in [3.8, 4) is 11.5 Å². The van der Waals surface area contributed by atoms with Gasteiger partial charge in [-0.2, -0.15) is 0 Å². The highest BCUT2D eigenvalue weighted by atomic mass is 32.2. The van der Waals surface area contributed by atoms with Gasteiger partial charge in [0, 0.05) is 18.2 Å². The maximum atomic E-state index is 13.7. The number of fused-ring (bicyclic) bond motifs is 1. The normalized spacial score (nSPS) is 15.0. The molecule has 8 heteroatoms. The molecule has 4 rings (SSSR count). The Morgan fingerprint density at radius 1 is 1.10 bits per heavy atom.